The zero-order valence-corrected chi connectivity index (χ0v) is 11.0. The number of hydrogen-bond donors (Lipinski definition) is 2. The van der Waals surface area contributed by atoms with Gasteiger partial charge in [0.05, 0.1) is 0 Å². The molecule has 1 atom stereocenters. The average Bonchev–Trinajstić information content (AvgIpc) is 2.83. The first kappa shape index (κ1) is 12.6. The zero-order chi connectivity index (χ0) is 12.3. The van der Waals surface area contributed by atoms with E-state index >= 15 is 0 Å². The second-order valence-corrected chi connectivity index (χ2v) is 5.83. The Labute approximate surface area is 106 Å². The Hall–Kier alpha value is -0.870. The molecule has 0 aromatic carbocycles. The van der Waals surface area contributed by atoms with Crippen LogP contribution in [0.1, 0.15) is 43.5 Å². The Morgan fingerprint density at radius 3 is 2.71 bits per heavy atom. The van der Waals surface area contributed by atoms with Crippen LogP contribution in [0, 0.1) is 5.92 Å². The molecule has 94 valence electrons. The van der Waals surface area contributed by atoms with Gasteiger partial charge in [-0.2, -0.15) is 0 Å². The molecule has 17 heavy (non-hydrogen) atoms. The van der Waals surface area contributed by atoms with Crippen LogP contribution in [-0.2, 0) is 4.79 Å². The van der Waals surface area contributed by atoms with E-state index in [1.54, 1.807) is 11.3 Å². The van der Waals surface area contributed by atoms with Crippen LogP contribution in [0.25, 0.3) is 0 Å². The Morgan fingerprint density at radius 2 is 2.18 bits per heavy atom. The predicted molar refractivity (Wildman–Crippen MR) is 70.8 cm³/mol. The lowest BCUT2D eigenvalue weighted by atomic mass is 9.85. The van der Waals surface area contributed by atoms with E-state index in [2.05, 4.69) is 29.8 Å². The van der Waals surface area contributed by atoms with Gasteiger partial charge in [-0.3, -0.25) is 4.79 Å². The first-order valence-corrected chi connectivity index (χ1v) is 7.13. The number of carbonyl (C=O) groups is 1. The quantitative estimate of drug-likeness (QED) is 0.864. The van der Waals surface area contributed by atoms with Gasteiger partial charge in [0.25, 0.3) is 0 Å². The lowest BCUT2D eigenvalue weighted by molar-refractivity contribution is -0.122. The number of carbonyl (C=O) groups excluding carboxylic acids is 1. The molecule has 1 aliphatic carbocycles. The molecule has 2 rings (SSSR count). The maximum absolute atomic E-state index is 11.1. The van der Waals surface area contributed by atoms with Gasteiger partial charge in [0.15, 0.2) is 0 Å². The van der Waals surface area contributed by atoms with Gasteiger partial charge < -0.3 is 11.1 Å². The third-order valence-electron chi connectivity index (χ3n) is 3.59. The summed E-state index contributed by atoms with van der Waals surface area (Å²) in [5.41, 5.74) is 5.33. The maximum atomic E-state index is 11.1. The van der Waals surface area contributed by atoms with Crippen molar-refractivity contribution in [2.24, 2.45) is 11.7 Å². The van der Waals surface area contributed by atoms with Crippen molar-refractivity contribution in [1.29, 1.82) is 0 Å². The molecule has 1 heterocycles. The highest BCUT2D eigenvalue weighted by molar-refractivity contribution is 7.10. The molecule has 3 nitrogen and oxygen atoms in total. The molecular formula is C13H20N2OS. The normalized spacial score (nSPS) is 26.6. The van der Waals surface area contributed by atoms with Crippen molar-refractivity contribution < 1.29 is 4.79 Å². The molecule has 1 unspecified atom stereocenters. The van der Waals surface area contributed by atoms with Crippen LogP contribution >= 0.6 is 11.3 Å². The van der Waals surface area contributed by atoms with E-state index in [1.165, 1.54) is 4.88 Å². The predicted octanol–water partition coefficient (Wildman–Crippen LogP) is 2.44. The smallest absolute Gasteiger partial charge is 0.220 e. The van der Waals surface area contributed by atoms with Crippen LogP contribution in [0.4, 0.5) is 0 Å². The minimum Gasteiger partial charge on any atom is -0.369 e. The monoisotopic (exact) mass is 252 g/mol. The lowest BCUT2D eigenvalue weighted by Gasteiger charge is -2.29. The Balaban J connectivity index is 1.80. The van der Waals surface area contributed by atoms with Crippen LogP contribution in [-0.4, -0.2) is 11.9 Å². The fourth-order valence-electron chi connectivity index (χ4n) is 2.52. The summed E-state index contributed by atoms with van der Waals surface area (Å²) in [6.45, 7) is 2.20. The fourth-order valence-corrected chi connectivity index (χ4v) is 3.26. The van der Waals surface area contributed by atoms with Crippen LogP contribution in [0.2, 0.25) is 0 Å². The van der Waals surface area contributed by atoms with Gasteiger partial charge in [0.1, 0.15) is 0 Å². The molecule has 1 fully saturated rings. The summed E-state index contributed by atoms with van der Waals surface area (Å²) in [7, 11) is 0. The third-order valence-corrected chi connectivity index (χ3v) is 4.64. The van der Waals surface area contributed by atoms with E-state index in [9.17, 15) is 4.79 Å². The largest absolute Gasteiger partial charge is 0.369 e. The summed E-state index contributed by atoms with van der Waals surface area (Å²) >= 11 is 1.79. The number of rotatable bonds is 4. The van der Waals surface area contributed by atoms with E-state index in [0.717, 1.165) is 25.7 Å². The van der Waals surface area contributed by atoms with E-state index in [-0.39, 0.29) is 11.8 Å². The van der Waals surface area contributed by atoms with Crippen molar-refractivity contribution in [3.05, 3.63) is 22.4 Å². The van der Waals surface area contributed by atoms with Crippen LogP contribution in [0.3, 0.4) is 0 Å². The summed E-state index contributed by atoms with van der Waals surface area (Å²) in [5, 5.41) is 5.75. The lowest BCUT2D eigenvalue weighted by Crippen LogP contribution is -2.37. The minimum atomic E-state index is -0.130. The van der Waals surface area contributed by atoms with Crippen molar-refractivity contribution in [2.75, 3.05) is 0 Å². The van der Waals surface area contributed by atoms with Crippen molar-refractivity contribution in [2.45, 2.75) is 44.7 Å². The average molecular weight is 252 g/mol. The molecule has 1 amide bonds. The fraction of sp³-hybridized carbons (Fsp3) is 0.615. The van der Waals surface area contributed by atoms with Gasteiger partial charge in [-0.15, -0.1) is 11.3 Å². The van der Waals surface area contributed by atoms with Gasteiger partial charge in [0.2, 0.25) is 5.91 Å². The summed E-state index contributed by atoms with van der Waals surface area (Å²) < 4.78 is 0. The van der Waals surface area contributed by atoms with E-state index < -0.39 is 0 Å². The second-order valence-electron chi connectivity index (χ2n) is 4.85. The van der Waals surface area contributed by atoms with Crippen molar-refractivity contribution in [1.82, 2.24) is 5.32 Å². The molecule has 4 heteroatoms. The SMILES string of the molecule is CC(NC1CCC(C(N)=O)CC1)c1cccs1. The number of amides is 1. The second kappa shape index (κ2) is 5.65. The Morgan fingerprint density at radius 1 is 1.47 bits per heavy atom. The highest BCUT2D eigenvalue weighted by Gasteiger charge is 2.25. The maximum Gasteiger partial charge on any atom is 0.220 e. The summed E-state index contributed by atoms with van der Waals surface area (Å²) in [4.78, 5) is 12.5. The van der Waals surface area contributed by atoms with Gasteiger partial charge in [-0.25, -0.2) is 0 Å². The topological polar surface area (TPSA) is 55.1 Å². The standard InChI is InChI=1S/C13H20N2OS/c1-9(12-3-2-8-17-12)15-11-6-4-10(5-7-11)13(14)16/h2-3,8-11,15H,4-7H2,1H3,(H2,14,16). The van der Waals surface area contributed by atoms with Crippen molar-refractivity contribution in [3.8, 4) is 0 Å². The van der Waals surface area contributed by atoms with Crippen LogP contribution in [0.5, 0.6) is 0 Å². The molecule has 0 aliphatic heterocycles. The van der Waals surface area contributed by atoms with E-state index in [4.69, 9.17) is 5.73 Å². The molecule has 0 spiro atoms. The Kier molecular flexibility index (Phi) is 4.18. The minimum absolute atomic E-state index is 0.102. The number of nitrogens with two attached hydrogens (primary N) is 1. The highest BCUT2D eigenvalue weighted by Crippen LogP contribution is 2.26. The van der Waals surface area contributed by atoms with Gasteiger partial charge >= 0.3 is 0 Å². The molecule has 1 aliphatic rings. The third kappa shape index (κ3) is 3.30. The summed E-state index contributed by atoms with van der Waals surface area (Å²) in [5.74, 6) is -0.0279. The van der Waals surface area contributed by atoms with Crippen molar-refractivity contribution in [3.63, 3.8) is 0 Å². The molecule has 1 aromatic heterocycles. The zero-order valence-electron chi connectivity index (χ0n) is 10.2. The van der Waals surface area contributed by atoms with Gasteiger partial charge in [-0.05, 0) is 44.1 Å². The van der Waals surface area contributed by atoms with Gasteiger partial charge in [-0.1, -0.05) is 6.07 Å². The molecule has 1 saturated carbocycles. The summed E-state index contributed by atoms with van der Waals surface area (Å²) in [6, 6.07) is 5.19. The molecule has 0 bridgehead atoms. The molecular weight excluding hydrogens is 232 g/mol. The van der Waals surface area contributed by atoms with Gasteiger partial charge in [0, 0.05) is 22.9 Å². The van der Waals surface area contributed by atoms with E-state index in [1.807, 2.05) is 0 Å². The first-order valence-electron chi connectivity index (χ1n) is 6.25. The molecule has 1 aromatic rings. The van der Waals surface area contributed by atoms with Crippen molar-refractivity contribution >= 4 is 17.2 Å². The summed E-state index contributed by atoms with van der Waals surface area (Å²) in [6.07, 6.45) is 3.99. The van der Waals surface area contributed by atoms with E-state index in [0.29, 0.717) is 12.1 Å². The molecule has 3 N–H and O–H groups in total. The number of primary amides is 1. The number of nitrogens with one attached hydrogen (secondary N) is 1. The van der Waals surface area contributed by atoms with Crippen LogP contribution < -0.4 is 11.1 Å². The van der Waals surface area contributed by atoms with Crippen LogP contribution in [0.15, 0.2) is 17.5 Å². The first-order chi connectivity index (χ1) is 8.16. The molecule has 0 radical (unpaired) electrons. The molecule has 0 saturated heterocycles. The number of thiophene rings is 1. The highest BCUT2D eigenvalue weighted by atomic mass is 32.1. The number of hydrogen-bond acceptors (Lipinski definition) is 3. The Bertz CT molecular complexity index is 356.